The number of aryl methyl sites for hydroxylation is 1. The van der Waals surface area contributed by atoms with Crippen LogP contribution in [0.1, 0.15) is 91.7 Å². The van der Waals surface area contributed by atoms with Crippen LogP contribution in [0.3, 0.4) is 0 Å². The third-order valence-corrected chi connectivity index (χ3v) is 7.42. The Kier molecular flexibility index (Phi) is 8.71. The van der Waals surface area contributed by atoms with Crippen molar-refractivity contribution in [1.29, 1.82) is 0 Å². The molecule has 3 aromatic carbocycles. The van der Waals surface area contributed by atoms with E-state index >= 15 is 0 Å². The van der Waals surface area contributed by atoms with Crippen molar-refractivity contribution in [1.82, 2.24) is 0 Å². The number of hydrogen-bond acceptors (Lipinski definition) is 2. The van der Waals surface area contributed by atoms with Gasteiger partial charge in [0.2, 0.25) is 5.82 Å². The summed E-state index contributed by atoms with van der Waals surface area (Å²) in [5, 5.41) is 9.59. The molecule has 1 aliphatic carbocycles. The minimum Gasteiger partial charge on any atom is -0.486 e. The molecule has 0 aromatic heterocycles. The molecule has 1 aliphatic rings. The van der Waals surface area contributed by atoms with Crippen molar-refractivity contribution in [2.24, 2.45) is 0 Å². The fourth-order valence-electron chi connectivity index (χ4n) is 5.26. The molecular formula is C30H30F6O2. The molecule has 204 valence electrons. The molecular weight excluding hydrogens is 506 g/mol. The van der Waals surface area contributed by atoms with Gasteiger partial charge in [-0.1, -0.05) is 43.7 Å². The molecule has 1 atom stereocenters. The van der Waals surface area contributed by atoms with Crippen LogP contribution >= 0.6 is 0 Å². The second kappa shape index (κ2) is 11.8. The Bertz CT molecular complexity index is 1300. The van der Waals surface area contributed by atoms with Crippen LogP contribution in [0.25, 0.3) is 0 Å². The van der Waals surface area contributed by atoms with Crippen LogP contribution in [0.4, 0.5) is 26.3 Å². The Morgan fingerprint density at radius 2 is 1.24 bits per heavy atom. The normalized spacial score (nSPS) is 18.4. The number of hydrogen-bond donors (Lipinski definition) is 1. The van der Waals surface area contributed by atoms with Crippen molar-refractivity contribution in [2.75, 3.05) is 0 Å². The summed E-state index contributed by atoms with van der Waals surface area (Å²) in [5.41, 5.74) is 0.406. The fraction of sp³-hybridized carbons (Fsp3) is 0.400. The van der Waals surface area contributed by atoms with E-state index in [9.17, 15) is 31.4 Å². The first kappa shape index (κ1) is 28.0. The number of rotatable bonds is 8. The van der Waals surface area contributed by atoms with Gasteiger partial charge in [0.15, 0.2) is 34.8 Å². The maximum absolute atomic E-state index is 15.0. The van der Waals surface area contributed by atoms with Gasteiger partial charge in [-0.2, -0.15) is 4.39 Å². The maximum atomic E-state index is 15.0. The van der Waals surface area contributed by atoms with E-state index in [0.29, 0.717) is 38.5 Å². The van der Waals surface area contributed by atoms with Crippen molar-refractivity contribution < 1.29 is 36.2 Å². The third kappa shape index (κ3) is 5.55. The predicted molar refractivity (Wildman–Crippen MR) is 132 cm³/mol. The SMILES string of the molecule is CCCc1ccc(COc2ccc(C3CCC(c4ccc(C(C)O)c(F)c4F)CC3)c(F)c2F)c(F)c1F. The fourth-order valence-corrected chi connectivity index (χ4v) is 5.26. The van der Waals surface area contributed by atoms with Gasteiger partial charge in [-0.15, -0.1) is 0 Å². The number of aliphatic hydroxyl groups is 1. The van der Waals surface area contributed by atoms with Crippen molar-refractivity contribution >= 4 is 0 Å². The van der Waals surface area contributed by atoms with Crippen LogP contribution in [-0.2, 0) is 13.0 Å². The summed E-state index contributed by atoms with van der Waals surface area (Å²) in [6, 6.07) is 8.36. The molecule has 1 fully saturated rings. The lowest BCUT2D eigenvalue weighted by molar-refractivity contribution is 0.192. The van der Waals surface area contributed by atoms with E-state index in [1.165, 1.54) is 43.3 Å². The van der Waals surface area contributed by atoms with Gasteiger partial charge >= 0.3 is 0 Å². The Morgan fingerprint density at radius 3 is 1.82 bits per heavy atom. The lowest BCUT2D eigenvalue weighted by Gasteiger charge is -2.30. The second-order valence-corrected chi connectivity index (χ2v) is 9.93. The highest BCUT2D eigenvalue weighted by molar-refractivity contribution is 5.35. The van der Waals surface area contributed by atoms with E-state index in [4.69, 9.17) is 4.74 Å². The van der Waals surface area contributed by atoms with Crippen LogP contribution < -0.4 is 4.74 Å². The maximum Gasteiger partial charge on any atom is 0.200 e. The van der Waals surface area contributed by atoms with Crippen molar-refractivity contribution in [3.63, 3.8) is 0 Å². The summed E-state index contributed by atoms with van der Waals surface area (Å²) in [7, 11) is 0. The number of aliphatic hydroxyl groups excluding tert-OH is 1. The summed E-state index contributed by atoms with van der Waals surface area (Å²) < 4.78 is 92.6. The first-order valence-electron chi connectivity index (χ1n) is 12.9. The van der Waals surface area contributed by atoms with E-state index < -0.39 is 53.4 Å². The molecule has 1 N–H and O–H groups in total. The van der Waals surface area contributed by atoms with Gasteiger partial charge in [0, 0.05) is 11.1 Å². The van der Waals surface area contributed by atoms with Crippen molar-refractivity contribution in [2.45, 2.75) is 76.9 Å². The average molecular weight is 537 g/mol. The van der Waals surface area contributed by atoms with E-state index in [0.717, 1.165) is 0 Å². The summed E-state index contributed by atoms with van der Waals surface area (Å²) >= 11 is 0. The largest absolute Gasteiger partial charge is 0.486 e. The molecule has 1 unspecified atom stereocenters. The van der Waals surface area contributed by atoms with Gasteiger partial charge in [0.25, 0.3) is 0 Å². The summed E-state index contributed by atoms with van der Waals surface area (Å²) in [5.74, 6) is -7.38. The first-order chi connectivity index (χ1) is 18.1. The van der Waals surface area contributed by atoms with Crippen molar-refractivity contribution in [3.8, 4) is 5.75 Å². The molecule has 2 nitrogen and oxygen atoms in total. The van der Waals surface area contributed by atoms with E-state index in [1.807, 2.05) is 6.92 Å². The molecule has 8 heteroatoms. The zero-order chi connectivity index (χ0) is 27.6. The minimum atomic E-state index is -1.21. The summed E-state index contributed by atoms with van der Waals surface area (Å²) in [4.78, 5) is 0. The predicted octanol–water partition coefficient (Wildman–Crippen LogP) is 8.55. The molecule has 0 radical (unpaired) electrons. The van der Waals surface area contributed by atoms with Crippen LogP contribution in [0.15, 0.2) is 36.4 Å². The van der Waals surface area contributed by atoms with Gasteiger partial charge < -0.3 is 9.84 Å². The minimum absolute atomic E-state index is 0.102. The molecule has 0 heterocycles. The highest BCUT2D eigenvalue weighted by atomic mass is 19.2. The lowest BCUT2D eigenvalue weighted by atomic mass is 9.75. The molecule has 0 saturated heterocycles. The van der Waals surface area contributed by atoms with E-state index in [2.05, 4.69) is 0 Å². The highest BCUT2D eigenvalue weighted by Gasteiger charge is 2.30. The molecule has 0 aliphatic heterocycles. The standard InChI is InChI=1S/C30H30F6O2/c1-3-4-19-9-10-20(26(32)25(19)31)15-38-24-14-13-23(29(35)30(24)36)18-7-5-17(6-8-18)22-12-11-21(16(2)37)27(33)28(22)34/h9-14,16-18,37H,3-8,15H2,1-2H3. The average Bonchev–Trinajstić information content (AvgIpc) is 2.90. The third-order valence-electron chi connectivity index (χ3n) is 7.42. The first-order valence-corrected chi connectivity index (χ1v) is 12.9. The summed E-state index contributed by atoms with van der Waals surface area (Å²) in [6.07, 6.45) is 1.68. The lowest BCUT2D eigenvalue weighted by Crippen LogP contribution is -2.16. The van der Waals surface area contributed by atoms with Crippen molar-refractivity contribution in [3.05, 3.63) is 99.1 Å². The zero-order valence-electron chi connectivity index (χ0n) is 21.3. The molecule has 1 saturated carbocycles. The van der Waals surface area contributed by atoms with Crippen LogP contribution in [0, 0.1) is 34.9 Å². The van der Waals surface area contributed by atoms with Crippen LogP contribution in [-0.4, -0.2) is 5.11 Å². The topological polar surface area (TPSA) is 29.5 Å². The highest BCUT2D eigenvalue weighted by Crippen LogP contribution is 2.43. The smallest absolute Gasteiger partial charge is 0.200 e. The Hall–Kier alpha value is -3.00. The Balaban J connectivity index is 1.43. The number of halogens is 6. The van der Waals surface area contributed by atoms with Gasteiger partial charge in [0.1, 0.15) is 6.61 Å². The van der Waals surface area contributed by atoms with Crippen LogP contribution in [0.2, 0.25) is 0 Å². The Morgan fingerprint density at radius 1 is 0.711 bits per heavy atom. The zero-order valence-corrected chi connectivity index (χ0v) is 21.3. The molecule has 0 amide bonds. The quantitative estimate of drug-likeness (QED) is 0.292. The Labute approximate surface area is 218 Å². The van der Waals surface area contributed by atoms with Gasteiger partial charge in [0.05, 0.1) is 6.10 Å². The molecule has 0 bridgehead atoms. The molecule has 38 heavy (non-hydrogen) atoms. The van der Waals surface area contributed by atoms with Gasteiger partial charge in [-0.05, 0) is 73.6 Å². The number of ether oxygens (including phenoxy) is 1. The van der Waals surface area contributed by atoms with Crippen LogP contribution in [0.5, 0.6) is 5.75 Å². The van der Waals surface area contributed by atoms with Gasteiger partial charge in [-0.25, -0.2) is 22.0 Å². The molecule has 4 rings (SSSR count). The second-order valence-electron chi connectivity index (χ2n) is 9.93. The molecule has 3 aromatic rings. The number of benzene rings is 3. The van der Waals surface area contributed by atoms with E-state index in [1.54, 1.807) is 0 Å². The van der Waals surface area contributed by atoms with E-state index in [-0.39, 0.29) is 39.7 Å². The monoisotopic (exact) mass is 536 g/mol. The molecule has 0 spiro atoms. The summed E-state index contributed by atoms with van der Waals surface area (Å²) in [6.45, 7) is 2.74. The van der Waals surface area contributed by atoms with Gasteiger partial charge in [-0.3, -0.25) is 0 Å².